The van der Waals surface area contributed by atoms with E-state index in [1.807, 2.05) is 18.2 Å². The van der Waals surface area contributed by atoms with Crippen LogP contribution in [-0.2, 0) is 19.4 Å². The van der Waals surface area contributed by atoms with Crippen LogP contribution >= 0.6 is 11.3 Å². The minimum Gasteiger partial charge on any atom is -0.497 e. The maximum Gasteiger partial charge on any atom is 0.228 e. The highest BCUT2D eigenvalue weighted by Crippen LogP contribution is 2.35. The monoisotopic (exact) mass is 504 g/mol. The van der Waals surface area contributed by atoms with Crippen LogP contribution in [0.2, 0.25) is 0 Å². The summed E-state index contributed by atoms with van der Waals surface area (Å²) in [5.74, 6) is 0.951. The van der Waals surface area contributed by atoms with Gasteiger partial charge in [0.1, 0.15) is 17.0 Å². The molecule has 2 heterocycles. The van der Waals surface area contributed by atoms with Gasteiger partial charge in [-0.25, -0.2) is 13.4 Å². The molecule has 8 nitrogen and oxygen atoms in total. The topological polar surface area (TPSA) is 95.0 Å². The third-order valence-corrected chi connectivity index (χ3v) is 8.62. The number of hydrogen-bond donors (Lipinski definition) is 0. The number of rotatable bonds is 10. The van der Waals surface area contributed by atoms with Crippen LogP contribution in [0, 0.1) is 0 Å². The number of carbonyl (C=O) groups excluding carboxylic acids is 1. The van der Waals surface area contributed by atoms with E-state index < -0.39 is 9.84 Å². The molecule has 1 aliphatic rings. The number of benzene rings is 2. The van der Waals surface area contributed by atoms with Crippen molar-refractivity contribution in [1.29, 1.82) is 0 Å². The summed E-state index contributed by atoms with van der Waals surface area (Å²) in [4.78, 5) is 19.8. The number of para-hydroxylation sites is 1. The fourth-order valence-corrected chi connectivity index (χ4v) is 6.24. The summed E-state index contributed by atoms with van der Waals surface area (Å²) in [6.07, 6.45) is 2.09. The average Bonchev–Trinajstić information content (AvgIpc) is 3.51. The smallest absolute Gasteiger partial charge is 0.228 e. The second-order valence-corrected chi connectivity index (χ2v) is 11.2. The molecule has 0 bridgehead atoms. The molecule has 1 saturated heterocycles. The Hall–Kier alpha value is -2.69. The molecule has 1 unspecified atom stereocenters. The summed E-state index contributed by atoms with van der Waals surface area (Å²) >= 11 is 1.41. The summed E-state index contributed by atoms with van der Waals surface area (Å²) in [7, 11) is -0.387. The number of fused-ring (bicyclic) bond motifs is 1. The van der Waals surface area contributed by atoms with Crippen LogP contribution in [0.15, 0.2) is 47.4 Å². The molecule has 1 aliphatic heterocycles. The number of ether oxygens (including phenoxy) is 3. The summed E-state index contributed by atoms with van der Waals surface area (Å²) in [5, 5.41) is 0.568. The van der Waals surface area contributed by atoms with Crippen LogP contribution in [0.5, 0.6) is 11.5 Å². The summed E-state index contributed by atoms with van der Waals surface area (Å²) in [5.41, 5.74) is 0.706. The lowest BCUT2D eigenvalue weighted by Crippen LogP contribution is -2.37. The zero-order chi connectivity index (χ0) is 24.1. The molecular weight excluding hydrogens is 476 g/mol. The zero-order valence-electron chi connectivity index (χ0n) is 19.2. The van der Waals surface area contributed by atoms with Crippen LogP contribution < -0.4 is 14.4 Å². The number of aromatic nitrogens is 1. The van der Waals surface area contributed by atoms with Gasteiger partial charge in [-0.2, -0.15) is 0 Å². The van der Waals surface area contributed by atoms with Gasteiger partial charge in [0.25, 0.3) is 0 Å². The molecule has 1 amide bonds. The molecule has 10 heteroatoms. The van der Waals surface area contributed by atoms with E-state index in [0.717, 1.165) is 17.5 Å². The summed E-state index contributed by atoms with van der Waals surface area (Å²) in [6.45, 7) is 1.08. The van der Waals surface area contributed by atoms with E-state index in [1.165, 1.54) is 30.6 Å². The molecular formula is C24H28N2O6S2. The molecule has 1 atom stereocenters. The highest BCUT2D eigenvalue weighted by atomic mass is 32.2. The first-order valence-electron chi connectivity index (χ1n) is 11.1. The summed E-state index contributed by atoms with van der Waals surface area (Å²) < 4.78 is 42.6. The quantitative estimate of drug-likeness (QED) is 0.411. The molecule has 0 saturated carbocycles. The van der Waals surface area contributed by atoms with Gasteiger partial charge in [0.05, 0.1) is 42.2 Å². The van der Waals surface area contributed by atoms with Gasteiger partial charge in [0.2, 0.25) is 5.91 Å². The molecule has 0 spiro atoms. The van der Waals surface area contributed by atoms with Gasteiger partial charge in [0.15, 0.2) is 15.0 Å². The number of sulfone groups is 1. The predicted octanol–water partition coefficient (Wildman–Crippen LogP) is 4.08. The minimum absolute atomic E-state index is 0.0547. The Kier molecular flexibility index (Phi) is 7.70. The van der Waals surface area contributed by atoms with Crippen molar-refractivity contribution in [2.75, 3.05) is 38.0 Å². The van der Waals surface area contributed by atoms with Crippen molar-refractivity contribution in [1.82, 2.24) is 4.98 Å². The van der Waals surface area contributed by atoms with Crippen molar-refractivity contribution in [2.24, 2.45) is 0 Å². The molecule has 182 valence electrons. The lowest BCUT2D eigenvalue weighted by Gasteiger charge is -2.23. The van der Waals surface area contributed by atoms with E-state index in [9.17, 15) is 13.2 Å². The third kappa shape index (κ3) is 5.51. The molecule has 0 N–H and O–H groups in total. The summed E-state index contributed by atoms with van der Waals surface area (Å²) in [6, 6.07) is 11.9. The first-order valence-corrected chi connectivity index (χ1v) is 13.6. The predicted molar refractivity (Wildman–Crippen MR) is 132 cm³/mol. The van der Waals surface area contributed by atoms with Crippen molar-refractivity contribution >= 4 is 42.4 Å². The number of nitrogens with zero attached hydrogens (tertiary/aromatic N) is 2. The van der Waals surface area contributed by atoms with Crippen LogP contribution in [0.1, 0.15) is 25.7 Å². The first kappa shape index (κ1) is 24.4. The van der Waals surface area contributed by atoms with Crippen molar-refractivity contribution in [3.8, 4) is 11.5 Å². The molecule has 0 aliphatic carbocycles. The molecule has 3 aromatic rings. The van der Waals surface area contributed by atoms with E-state index >= 15 is 0 Å². The molecule has 4 rings (SSSR count). The van der Waals surface area contributed by atoms with Gasteiger partial charge < -0.3 is 14.2 Å². The molecule has 1 aromatic heterocycles. The van der Waals surface area contributed by atoms with E-state index in [2.05, 4.69) is 4.98 Å². The largest absolute Gasteiger partial charge is 0.497 e. The normalized spacial score (nSPS) is 16.0. The molecule has 2 aromatic carbocycles. The van der Waals surface area contributed by atoms with E-state index in [-0.39, 0.29) is 35.5 Å². The Balaban J connectivity index is 1.48. The van der Waals surface area contributed by atoms with Gasteiger partial charge in [-0.1, -0.05) is 17.4 Å². The van der Waals surface area contributed by atoms with Crippen LogP contribution in [-0.4, -0.2) is 58.5 Å². The standard InChI is InChI=1S/C24H28N2O6S2/c1-30-17-10-12-19(13-11-17)34(28,29)15-5-9-22(27)26(16-18-6-4-14-32-18)24-25-23-20(31-2)7-3-8-21(23)33-24/h3,7-8,10-13,18H,4-6,9,14-16H2,1-2H3. The fourth-order valence-electron chi connectivity index (χ4n) is 3.92. The van der Waals surface area contributed by atoms with Crippen LogP contribution in [0.4, 0.5) is 5.13 Å². The molecule has 1 fully saturated rings. The molecule has 0 radical (unpaired) electrons. The van der Waals surface area contributed by atoms with E-state index in [1.54, 1.807) is 24.1 Å². The highest BCUT2D eigenvalue weighted by molar-refractivity contribution is 7.91. The van der Waals surface area contributed by atoms with Crippen molar-refractivity contribution in [2.45, 2.75) is 36.7 Å². The van der Waals surface area contributed by atoms with Gasteiger partial charge >= 0.3 is 0 Å². The van der Waals surface area contributed by atoms with Crippen molar-refractivity contribution in [3.05, 3.63) is 42.5 Å². The van der Waals surface area contributed by atoms with E-state index in [0.29, 0.717) is 35.3 Å². The van der Waals surface area contributed by atoms with Crippen molar-refractivity contribution < 1.29 is 27.4 Å². The lowest BCUT2D eigenvalue weighted by molar-refractivity contribution is -0.119. The lowest BCUT2D eigenvalue weighted by atomic mass is 10.2. The maximum absolute atomic E-state index is 13.3. The zero-order valence-corrected chi connectivity index (χ0v) is 20.9. The Labute approximate surface area is 203 Å². The van der Waals surface area contributed by atoms with Crippen molar-refractivity contribution in [3.63, 3.8) is 0 Å². The molecule has 34 heavy (non-hydrogen) atoms. The Morgan fingerprint density at radius 1 is 1.18 bits per heavy atom. The van der Waals surface area contributed by atoms with Gasteiger partial charge in [-0.3, -0.25) is 9.69 Å². The number of hydrogen-bond acceptors (Lipinski definition) is 8. The average molecular weight is 505 g/mol. The number of methoxy groups -OCH3 is 2. The highest BCUT2D eigenvalue weighted by Gasteiger charge is 2.27. The van der Waals surface area contributed by atoms with Gasteiger partial charge in [0, 0.05) is 13.0 Å². The third-order valence-electron chi connectivity index (χ3n) is 5.76. The maximum atomic E-state index is 13.3. The Bertz CT molecular complexity index is 1230. The minimum atomic E-state index is -3.50. The number of anilines is 1. The Morgan fingerprint density at radius 3 is 2.65 bits per heavy atom. The van der Waals surface area contributed by atoms with Gasteiger partial charge in [-0.15, -0.1) is 0 Å². The number of amides is 1. The number of thiazole rings is 1. The number of carbonyl (C=O) groups is 1. The first-order chi connectivity index (χ1) is 16.4. The van der Waals surface area contributed by atoms with E-state index in [4.69, 9.17) is 14.2 Å². The van der Waals surface area contributed by atoms with Gasteiger partial charge in [-0.05, 0) is 55.7 Å². The van der Waals surface area contributed by atoms with Crippen LogP contribution in [0.3, 0.4) is 0 Å². The van der Waals surface area contributed by atoms with Crippen LogP contribution in [0.25, 0.3) is 10.2 Å². The second-order valence-electron chi connectivity index (χ2n) is 8.04. The second kappa shape index (κ2) is 10.7. The Morgan fingerprint density at radius 2 is 1.97 bits per heavy atom. The SMILES string of the molecule is COc1ccc(S(=O)(=O)CCCC(=O)N(CC2CCCO2)c2nc3c(OC)cccc3s2)cc1. The fraction of sp³-hybridized carbons (Fsp3) is 0.417.